The molecule has 3 N–H and O–H groups in total. The van der Waals surface area contributed by atoms with Crippen LogP contribution in [-0.4, -0.2) is 16.1 Å². The number of carbonyl (C=O) groups excluding carboxylic acids is 1. The van der Waals surface area contributed by atoms with Crippen LogP contribution in [0.1, 0.15) is 31.3 Å². The predicted molar refractivity (Wildman–Crippen MR) is 92.8 cm³/mol. The van der Waals surface area contributed by atoms with Crippen molar-refractivity contribution in [3.63, 3.8) is 0 Å². The topological polar surface area (TPSA) is 80.9 Å². The molecule has 0 saturated heterocycles. The van der Waals surface area contributed by atoms with Crippen LogP contribution in [0.2, 0.25) is 0 Å². The van der Waals surface area contributed by atoms with E-state index in [4.69, 9.17) is 5.73 Å². The van der Waals surface area contributed by atoms with E-state index in [2.05, 4.69) is 45.3 Å². The van der Waals surface area contributed by atoms with Crippen LogP contribution in [0.25, 0.3) is 0 Å². The van der Waals surface area contributed by atoms with Crippen LogP contribution in [0.5, 0.6) is 0 Å². The fourth-order valence-electron chi connectivity index (χ4n) is 1.89. The largest absolute Gasteiger partial charge is 0.314 e. The molecule has 0 saturated carbocycles. The first-order valence-electron chi connectivity index (χ1n) is 6.98. The van der Waals surface area contributed by atoms with Gasteiger partial charge in [-0.05, 0) is 30.5 Å². The SMILES string of the molecule is CC(C)Cc1nnc(NC(=O)C(C)(N)c2ccc(Br)cc2)s1. The Morgan fingerprint density at radius 2 is 2.00 bits per heavy atom. The summed E-state index contributed by atoms with van der Waals surface area (Å²) < 4.78 is 0.940. The zero-order valence-corrected chi connectivity index (χ0v) is 15.2. The van der Waals surface area contributed by atoms with E-state index in [0.717, 1.165) is 21.5 Å². The van der Waals surface area contributed by atoms with Crippen LogP contribution < -0.4 is 11.1 Å². The Bertz CT molecular complexity index is 652. The van der Waals surface area contributed by atoms with Gasteiger partial charge in [-0.2, -0.15) is 0 Å². The standard InChI is InChI=1S/C15H19BrN4OS/c1-9(2)8-12-19-20-14(22-12)18-13(21)15(3,17)10-4-6-11(16)7-5-10/h4-7,9H,8,17H2,1-3H3,(H,18,20,21). The Morgan fingerprint density at radius 1 is 1.36 bits per heavy atom. The molecule has 0 bridgehead atoms. The minimum atomic E-state index is -1.13. The Labute approximate surface area is 142 Å². The van der Waals surface area contributed by atoms with Crippen molar-refractivity contribution in [2.24, 2.45) is 11.7 Å². The van der Waals surface area contributed by atoms with Crippen LogP contribution in [-0.2, 0) is 16.8 Å². The second-order valence-electron chi connectivity index (χ2n) is 5.76. The summed E-state index contributed by atoms with van der Waals surface area (Å²) in [4.78, 5) is 12.4. The molecular weight excluding hydrogens is 364 g/mol. The Kier molecular flexibility index (Phi) is 5.31. The molecule has 1 heterocycles. The predicted octanol–water partition coefficient (Wildman–Crippen LogP) is 3.31. The highest BCUT2D eigenvalue weighted by molar-refractivity contribution is 9.10. The summed E-state index contributed by atoms with van der Waals surface area (Å²) in [5.41, 5.74) is 5.80. The molecule has 0 radical (unpaired) electrons. The minimum absolute atomic E-state index is 0.304. The van der Waals surface area contributed by atoms with Crippen molar-refractivity contribution >= 4 is 38.3 Å². The van der Waals surface area contributed by atoms with Crippen LogP contribution in [0, 0.1) is 5.92 Å². The summed E-state index contributed by atoms with van der Waals surface area (Å²) in [6.45, 7) is 5.91. The van der Waals surface area contributed by atoms with Gasteiger partial charge in [-0.3, -0.25) is 10.1 Å². The summed E-state index contributed by atoms with van der Waals surface area (Å²) >= 11 is 4.75. The van der Waals surface area contributed by atoms with Gasteiger partial charge in [0.2, 0.25) is 5.13 Å². The first-order valence-corrected chi connectivity index (χ1v) is 8.58. The van der Waals surface area contributed by atoms with Crippen molar-refractivity contribution < 1.29 is 4.79 Å². The van der Waals surface area contributed by atoms with Crippen molar-refractivity contribution in [2.45, 2.75) is 32.7 Å². The highest BCUT2D eigenvalue weighted by Gasteiger charge is 2.31. The number of nitrogens with two attached hydrogens (primary N) is 1. The van der Waals surface area contributed by atoms with Gasteiger partial charge in [0.05, 0.1) is 0 Å². The fourth-order valence-corrected chi connectivity index (χ4v) is 3.10. The van der Waals surface area contributed by atoms with E-state index in [1.54, 1.807) is 6.92 Å². The summed E-state index contributed by atoms with van der Waals surface area (Å²) in [6.07, 6.45) is 0.847. The van der Waals surface area contributed by atoms with Crippen molar-refractivity contribution in [3.05, 3.63) is 39.3 Å². The molecule has 22 heavy (non-hydrogen) atoms. The van der Waals surface area contributed by atoms with Gasteiger partial charge in [0.25, 0.3) is 5.91 Å². The molecule has 1 atom stereocenters. The molecule has 0 aliphatic rings. The van der Waals surface area contributed by atoms with Crippen molar-refractivity contribution in [1.29, 1.82) is 0 Å². The number of anilines is 1. The zero-order chi connectivity index (χ0) is 16.3. The molecule has 1 aromatic heterocycles. The van der Waals surface area contributed by atoms with Gasteiger partial charge < -0.3 is 5.73 Å². The first kappa shape index (κ1) is 17.1. The fraction of sp³-hybridized carbons (Fsp3) is 0.400. The third-order valence-electron chi connectivity index (χ3n) is 3.19. The quantitative estimate of drug-likeness (QED) is 0.830. The van der Waals surface area contributed by atoms with Crippen LogP contribution in [0.4, 0.5) is 5.13 Å². The van der Waals surface area contributed by atoms with E-state index in [-0.39, 0.29) is 5.91 Å². The number of halogens is 1. The van der Waals surface area contributed by atoms with Gasteiger partial charge in [-0.1, -0.05) is 53.2 Å². The Morgan fingerprint density at radius 3 is 2.59 bits per heavy atom. The van der Waals surface area contributed by atoms with Crippen LogP contribution in [0.15, 0.2) is 28.7 Å². The molecule has 0 aliphatic carbocycles. The van der Waals surface area contributed by atoms with Gasteiger partial charge in [-0.15, -0.1) is 10.2 Å². The Hall–Kier alpha value is -1.31. The third kappa shape index (κ3) is 4.12. The molecule has 0 fully saturated rings. The minimum Gasteiger partial charge on any atom is -0.314 e. The smallest absolute Gasteiger partial charge is 0.250 e. The van der Waals surface area contributed by atoms with Crippen molar-refractivity contribution in [1.82, 2.24) is 10.2 Å². The lowest BCUT2D eigenvalue weighted by Gasteiger charge is -2.23. The second kappa shape index (κ2) is 6.85. The van der Waals surface area contributed by atoms with Gasteiger partial charge in [0, 0.05) is 10.9 Å². The number of nitrogens with zero attached hydrogens (tertiary/aromatic N) is 2. The molecule has 2 rings (SSSR count). The van der Waals surface area contributed by atoms with Gasteiger partial charge in [0.15, 0.2) is 0 Å². The third-order valence-corrected chi connectivity index (χ3v) is 4.58. The van der Waals surface area contributed by atoms with E-state index in [1.165, 1.54) is 11.3 Å². The highest BCUT2D eigenvalue weighted by Crippen LogP contribution is 2.24. The monoisotopic (exact) mass is 382 g/mol. The molecule has 7 heteroatoms. The molecule has 0 spiro atoms. The molecule has 1 amide bonds. The van der Waals surface area contributed by atoms with E-state index in [9.17, 15) is 4.79 Å². The lowest BCUT2D eigenvalue weighted by Crippen LogP contribution is -2.45. The number of benzene rings is 1. The van der Waals surface area contributed by atoms with Gasteiger partial charge in [-0.25, -0.2) is 0 Å². The number of aromatic nitrogens is 2. The van der Waals surface area contributed by atoms with Crippen molar-refractivity contribution in [3.8, 4) is 0 Å². The molecule has 5 nitrogen and oxygen atoms in total. The van der Waals surface area contributed by atoms with Crippen LogP contribution >= 0.6 is 27.3 Å². The average Bonchev–Trinajstić information content (AvgIpc) is 2.85. The van der Waals surface area contributed by atoms with Gasteiger partial charge in [0.1, 0.15) is 10.5 Å². The number of amides is 1. The zero-order valence-electron chi connectivity index (χ0n) is 12.8. The van der Waals surface area contributed by atoms with Crippen molar-refractivity contribution in [2.75, 3.05) is 5.32 Å². The number of rotatable bonds is 5. The number of hydrogen-bond acceptors (Lipinski definition) is 5. The maximum absolute atomic E-state index is 12.4. The molecule has 118 valence electrons. The summed E-state index contributed by atoms with van der Waals surface area (Å²) in [5, 5.41) is 12.2. The normalized spacial score (nSPS) is 13.9. The van der Waals surface area contributed by atoms with E-state index < -0.39 is 5.54 Å². The molecule has 1 unspecified atom stereocenters. The lowest BCUT2D eigenvalue weighted by molar-refractivity contribution is -0.120. The van der Waals surface area contributed by atoms with Gasteiger partial charge >= 0.3 is 0 Å². The summed E-state index contributed by atoms with van der Waals surface area (Å²) in [6, 6.07) is 7.38. The molecule has 2 aromatic rings. The van der Waals surface area contributed by atoms with E-state index in [0.29, 0.717) is 11.0 Å². The van der Waals surface area contributed by atoms with Crippen LogP contribution in [0.3, 0.4) is 0 Å². The maximum Gasteiger partial charge on any atom is 0.250 e. The average molecular weight is 383 g/mol. The summed E-state index contributed by atoms with van der Waals surface area (Å²) in [7, 11) is 0. The highest BCUT2D eigenvalue weighted by atomic mass is 79.9. The number of hydrogen-bond donors (Lipinski definition) is 2. The second-order valence-corrected chi connectivity index (χ2v) is 7.74. The number of carbonyl (C=O) groups is 1. The lowest BCUT2D eigenvalue weighted by atomic mass is 9.92. The first-order chi connectivity index (χ1) is 10.3. The molecule has 1 aromatic carbocycles. The molecular formula is C15H19BrN4OS. The Balaban J connectivity index is 2.10. The van der Waals surface area contributed by atoms with E-state index >= 15 is 0 Å². The number of nitrogens with one attached hydrogen (secondary N) is 1. The maximum atomic E-state index is 12.4. The molecule has 0 aliphatic heterocycles. The summed E-state index contributed by atoms with van der Waals surface area (Å²) in [5.74, 6) is 0.195. The van der Waals surface area contributed by atoms with E-state index in [1.807, 2.05) is 24.3 Å².